The number of ether oxygens (including phenoxy) is 1. The van der Waals surface area contributed by atoms with Gasteiger partial charge in [-0.1, -0.05) is 18.6 Å². The van der Waals surface area contributed by atoms with Gasteiger partial charge >= 0.3 is 0 Å². The summed E-state index contributed by atoms with van der Waals surface area (Å²) in [6.07, 6.45) is 4.16. The summed E-state index contributed by atoms with van der Waals surface area (Å²) in [6, 6.07) is 9.71. The number of benzene rings is 1. The van der Waals surface area contributed by atoms with E-state index in [4.69, 9.17) is 4.74 Å². The third kappa shape index (κ3) is 2.70. The predicted octanol–water partition coefficient (Wildman–Crippen LogP) is 3.73. The van der Waals surface area contributed by atoms with Gasteiger partial charge < -0.3 is 4.74 Å². The highest BCUT2D eigenvalue weighted by atomic mass is 32.1. The molecule has 2 unspecified atom stereocenters. The molecule has 0 N–H and O–H groups in total. The van der Waals surface area contributed by atoms with E-state index in [1.807, 2.05) is 13.0 Å². The highest BCUT2D eigenvalue weighted by Gasteiger charge is 2.42. The quantitative estimate of drug-likeness (QED) is 0.787. The lowest BCUT2D eigenvalue weighted by molar-refractivity contribution is 0.215. The fourth-order valence-corrected chi connectivity index (χ4v) is 3.60. The van der Waals surface area contributed by atoms with Crippen LogP contribution in [0, 0.1) is 6.92 Å². The molecule has 1 aliphatic heterocycles. The van der Waals surface area contributed by atoms with Crippen LogP contribution in [0.4, 0.5) is 0 Å². The van der Waals surface area contributed by atoms with Crippen LogP contribution in [0.2, 0.25) is 0 Å². The third-order valence-electron chi connectivity index (χ3n) is 4.51. The Bertz CT molecular complexity index is 635. The SMILES string of the molecule is Cc1nc(-c2ccccc2OCC2CN2C2CCC2)cs1. The maximum Gasteiger partial charge on any atom is 0.128 e. The monoisotopic (exact) mass is 300 g/mol. The summed E-state index contributed by atoms with van der Waals surface area (Å²) in [4.78, 5) is 7.16. The molecule has 1 saturated carbocycles. The maximum absolute atomic E-state index is 6.10. The molecule has 0 amide bonds. The summed E-state index contributed by atoms with van der Waals surface area (Å²) in [5, 5.41) is 3.20. The second-order valence-electron chi connectivity index (χ2n) is 5.99. The summed E-state index contributed by atoms with van der Waals surface area (Å²) in [5.41, 5.74) is 2.14. The van der Waals surface area contributed by atoms with E-state index < -0.39 is 0 Å². The van der Waals surface area contributed by atoms with Crippen molar-refractivity contribution in [3.05, 3.63) is 34.7 Å². The third-order valence-corrected chi connectivity index (χ3v) is 5.29. The molecule has 1 aromatic carbocycles. The van der Waals surface area contributed by atoms with Crippen LogP contribution in [0.15, 0.2) is 29.6 Å². The van der Waals surface area contributed by atoms with Crippen molar-refractivity contribution in [2.45, 2.75) is 38.3 Å². The van der Waals surface area contributed by atoms with Gasteiger partial charge in [-0.05, 0) is 31.9 Å². The van der Waals surface area contributed by atoms with Gasteiger partial charge in [0.1, 0.15) is 12.4 Å². The zero-order valence-electron chi connectivity index (χ0n) is 12.3. The minimum absolute atomic E-state index is 0.625. The number of nitrogens with zero attached hydrogens (tertiary/aromatic N) is 2. The molecular formula is C17H20N2OS. The van der Waals surface area contributed by atoms with E-state index in [-0.39, 0.29) is 0 Å². The molecule has 2 fully saturated rings. The van der Waals surface area contributed by atoms with E-state index in [0.717, 1.165) is 34.7 Å². The Hall–Kier alpha value is -1.39. The van der Waals surface area contributed by atoms with Crippen LogP contribution in [0.5, 0.6) is 5.75 Å². The molecule has 0 bridgehead atoms. The Morgan fingerprint density at radius 2 is 2.19 bits per heavy atom. The van der Waals surface area contributed by atoms with Crippen molar-refractivity contribution in [2.24, 2.45) is 0 Å². The van der Waals surface area contributed by atoms with Gasteiger partial charge in [-0.3, -0.25) is 4.90 Å². The minimum Gasteiger partial charge on any atom is -0.491 e. The van der Waals surface area contributed by atoms with Crippen LogP contribution in [0.1, 0.15) is 24.3 Å². The summed E-state index contributed by atoms with van der Waals surface area (Å²) < 4.78 is 6.10. The average molecular weight is 300 g/mol. The normalized spacial score (nSPS) is 24.6. The summed E-state index contributed by atoms with van der Waals surface area (Å²) >= 11 is 1.68. The van der Waals surface area contributed by atoms with Crippen molar-refractivity contribution >= 4 is 11.3 Å². The molecule has 110 valence electrons. The highest BCUT2D eigenvalue weighted by Crippen LogP contribution is 2.35. The molecule has 3 nitrogen and oxygen atoms in total. The van der Waals surface area contributed by atoms with Crippen molar-refractivity contribution in [1.82, 2.24) is 9.88 Å². The van der Waals surface area contributed by atoms with Crippen molar-refractivity contribution < 1.29 is 4.74 Å². The lowest BCUT2D eigenvalue weighted by Gasteiger charge is -2.27. The highest BCUT2D eigenvalue weighted by molar-refractivity contribution is 7.09. The summed E-state index contributed by atoms with van der Waals surface area (Å²) in [5.74, 6) is 0.961. The van der Waals surface area contributed by atoms with Crippen LogP contribution in [0.3, 0.4) is 0 Å². The van der Waals surface area contributed by atoms with E-state index in [1.165, 1.54) is 25.8 Å². The number of aryl methyl sites for hydroxylation is 1. The van der Waals surface area contributed by atoms with E-state index in [1.54, 1.807) is 11.3 Å². The molecule has 1 aliphatic carbocycles. The maximum atomic E-state index is 6.10. The molecule has 4 heteroatoms. The molecule has 2 aliphatic rings. The standard InChI is InChI=1S/C17H20N2OS/c1-12-18-16(11-21-12)15-7-2-3-8-17(15)20-10-14-9-19(14)13-5-4-6-13/h2-3,7-8,11,13-14H,4-6,9-10H2,1H3. The number of thiazole rings is 1. The first-order valence-electron chi connectivity index (χ1n) is 7.71. The van der Waals surface area contributed by atoms with Gasteiger partial charge in [-0.2, -0.15) is 0 Å². The predicted molar refractivity (Wildman–Crippen MR) is 85.9 cm³/mol. The minimum atomic E-state index is 0.625. The molecule has 1 aromatic heterocycles. The zero-order valence-corrected chi connectivity index (χ0v) is 13.1. The Balaban J connectivity index is 1.43. The molecule has 21 heavy (non-hydrogen) atoms. The molecule has 2 atom stereocenters. The van der Waals surface area contributed by atoms with Gasteiger partial charge in [0.05, 0.1) is 16.7 Å². The average Bonchev–Trinajstić information content (AvgIpc) is 3.05. The zero-order chi connectivity index (χ0) is 14.2. The fourth-order valence-electron chi connectivity index (χ4n) is 2.99. The topological polar surface area (TPSA) is 25.1 Å². The van der Waals surface area contributed by atoms with Gasteiger partial charge in [0.15, 0.2) is 0 Å². The Morgan fingerprint density at radius 1 is 1.33 bits per heavy atom. The van der Waals surface area contributed by atoms with Gasteiger partial charge in [0.2, 0.25) is 0 Å². The first-order chi connectivity index (χ1) is 10.3. The smallest absolute Gasteiger partial charge is 0.128 e. The number of aromatic nitrogens is 1. The largest absolute Gasteiger partial charge is 0.491 e. The van der Waals surface area contributed by atoms with Gasteiger partial charge in [0, 0.05) is 23.5 Å². The second kappa shape index (κ2) is 5.43. The molecule has 2 aromatic rings. The molecular weight excluding hydrogens is 280 g/mol. The summed E-state index contributed by atoms with van der Waals surface area (Å²) in [6.45, 7) is 4.05. The van der Waals surface area contributed by atoms with E-state index in [2.05, 4.69) is 33.5 Å². The van der Waals surface area contributed by atoms with Crippen LogP contribution in [-0.4, -0.2) is 35.1 Å². The number of rotatable bonds is 5. The number of para-hydroxylation sites is 1. The molecule has 0 spiro atoms. The summed E-state index contributed by atoms with van der Waals surface area (Å²) in [7, 11) is 0. The number of hydrogen-bond acceptors (Lipinski definition) is 4. The Kier molecular flexibility index (Phi) is 3.43. The van der Waals surface area contributed by atoms with Crippen molar-refractivity contribution in [2.75, 3.05) is 13.2 Å². The van der Waals surface area contributed by atoms with Crippen LogP contribution >= 0.6 is 11.3 Å². The lowest BCUT2D eigenvalue weighted by atomic mass is 9.93. The van der Waals surface area contributed by atoms with Crippen LogP contribution in [0.25, 0.3) is 11.3 Å². The Morgan fingerprint density at radius 3 is 2.90 bits per heavy atom. The van der Waals surface area contributed by atoms with Crippen molar-refractivity contribution in [3.63, 3.8) is 0 Å². The van der Waals surface area contributed by atoms with E-state index in [0.29, 0.717) is 6.04 Å². The molecule has 0 radical (unpaired) electrons. The van der Waals surface area contributed by atoms with Crippen LogP contribution < -0.4 is 4.74 Å². The van der Waals surface area contributed by atoms with Gasteiger partial charge in [-0.15, -0.1) is 11.3 Å². The molecule has 2 heterocycles. The molecule has 4 rings (SSSR count). The van der Waals surface area contributed by atoms with E-state index >= 15 is 0 Å². The lowest BCUT2D eigenvalue weighted by Crippen LogP contribution is -2.29. The first kappa shape index (κ1) is 13.3. The van der Waals surface area contributed by atoms with Crippen molar-refractivity contribution in [1.29, 1.82) is 0 Å². The van der Waals surface area contributed by atoms with Crippen molar-refractivity contribution in [3.8, 4) is 17.0 Å². The fraction of sp³-hybridized carbons (Fsp3) is 0.471. The second-order valence-corrected chi connectivity index (χ2v) is 7.06. The number of hydrogen-bond donors (Lipinski definition) is 0. The van der Waals surface area contributed by atoms with Gasteiger partial charge in [-0.25, -0.2) is 4.98 Å². The Labute approximate surface area is 129 Å². The van der Waals surface area contributed by atoms with Crippen LogP contribution in [-0.2, 0) is 0 Å². The van der Waals surface area contributed by atoms with E-state index in [9.17, 15) is 0 Å². The first-order valence-corrected chi connectivity index (χ1v) is 8.59. The molecule has 1 saturated heterocycles. The van der Waals surface area contributed by atoms with Gasteiger partial charge in [0.25, 0.3) is 0 Å².